The molecule has 4 nitrogen and oxygen atoms in total. The van der Waals surface area contributed by atoms with Crippen LogP contribution in [0, 0.1) is 0 Å². The third-order valence-corrected chi connectivity index (χ3v) is 4.49. The fraction of sp³-hybridized carbons (Fsp3) is 0.300. The zero-order valence-electron chi connectivity index (χ0n) is 13.9. The topological polar surface area (TPSA) is 49.4 Å². The summed E-state index contributed by atoms with van der Waals surface area (Å²) < 4.78 is 0. The molecule has 1 saturated heterocycles. The number of carbonyl (C=O) groups excluding carboxylic acids is 2. The average Bonchev–Trinajstić information content (AvgIpc) is 2.97. The van der Waals surface area contributed by atoms with E-state index in [-0.39, 0.29) is 24.3 Å². The van der Waals surface area contributed by atoms with E-state index in [1.165, 1.54) is 0 Å². The standard InChI is InChI=1S/C20H22N2O2/c1-2-15-8-6-7-11-18(15)21-19(23)14-22-13-17(12-20(22)24)16-9-4-3-5-10-16/h3-11,17H,2,12-14H2,1H3,(H,21,23)/t17-/m1/s1. The van der Waals surface area contributed by atoms with E-state index in [2.05, 4.69) is 12.2 Å². The second-order valence-electron chi connectivity index (χ2n) is 6.14. The van der Waals surface area contributed by atoms with Gasteiger partial charge in [0.2, 0.25) is 11.8 Å². The van der Waals surface area contributed by atoms with Crippen LogP contribution in [0.3, 0.4) is 0 Å². The van der Waals surface area contributed by atoms with Crippen molar-refractivity contribution < 1.29 is 9.59 Å². The van der Waals surface area contributed by atoms with E-state index >= 15 is 0 Å². The Hall–Kier alpha value is -2.62. The first kappa shape index (κ1) is 16.2. The molecule has 2 aromatic carbocycles. The number of nitrogens with zero attached hydrogens (tertiary/aromatic N) is 1. The number of hydrogen-bond donors (Lipinski definition) is 1. The van der Waals surface area contributed by atoms with Gasteiger partial charge in [0.1, 0.15) is 0 Å². The highest BCUT2D eigenvalue weighted by Crippen LogP contribution is 2.27. The van der Waals surface area contributed by atoms with Crippen LogP contribution >= 0.6 is 0 Å². The molecule has 1 aliphatic rings. The number of rotatable bonds is 5. The summed E-state index contributed by atoms with van der Waals surface area (Å²) in [6.07, 6.45) is 1.33. The molecule has 24 heavy (non-hydrogen) atoms. The Bertz CT molecular complexity index is 727. The predicted molar refractivity (Wildman–Crippen MR) is 94.8 cm³/mol. The van der Waals surface area contributed by atoms with E-state index < -0.39 is 0 Å². The lowest BCUT2D eigenvalue weighted by molar-refractivity contribution is -0.131. The molecule has 124 valence electrons. The van der Waals surface area contributed by atoms with Crippen molar-refractivity contribution in [2.24, 2.45) is 0 Å². The van der Waals surface area contributed by atoms with Gasteiger partial charge in [-0.3, -0.25) is 9.59 Å². The van der Waals surface area contributed by atoms with Crippen LogP contribution in [0.15, 0.2) is 54.6 Å². The van der Waals surface area contributed by atoms with Crippen molar-refractivity contribution in [3.63, 3.8) is 0 Å². The molecule has 2 aromatic rings. The first-order chi connectivity index (χ1) is 11.7. The van der Waals surface area contributed by atoms with E-state index in [0.717, 1.165) is 23.2 Å². The molecule has 0 unspecified atom stereocenters. The summed E-state index contributed by atoms with van der Waals surface area (Å²) in [5.74, 6) is 0.0789. The summed E-state index contributed by atoms with van der Waals surface area (Å²) in [4.78, 5) is 26.2. The minimum absolute atomic E-state index is 0.0442. The van der Waals surface area contributed by atoms with Crippen molar-refractivity contribution in [3.8, 4) is 0 Å². The number of para-hydroxylation sites is 1. The Labute approximate surface area is 142 Å². The normalized spacial score (nSPS) is 17.1. The predicted octanol–water partition coefficient (Wildman–Crippen LogP) is 3.20. The maximum atomic E-state index is 12.3. The molecule has 0 spiro atoms. The molecule has 1 aliphatic heterocycles. The quantitative estimate of drug-likeness (QED) is 0.919. The molecule has 0 aromatic heterocycles. The summed E-state index contributed by atoms with van der Waals surface area (Å²) in [6.45, 7) is 2.77. The Morgan fingerprint density at radius 3 is 2.58 bits per heavy atom. The number of aryl methyl sites for hydroxylation is 1. The Morgan fingerprint density at radius 1 is 1.12 bits per heavy atom. The molecule has 0 saturated carbocycles. The van der Waals surface area contributed by atoms with Crippen molar-refractivity contribution in [2.75, 3.05) is 18.4 Å². The maximum Gasteiger partial charge on any atom is 0.244 e. The number of amides is 2. The SMILES string of the molecule is CCc1ccccc1NC(=O)CN1C[C@H](c2ccccc2)CC1=O. The highest BCUT2D eigenvalue weighted by atomic mass is 16.2. The number of likely N-dealkylation sites (tertiary alicyclic amines) is 1. The molecule has 0 bridgehead atoms. The van der Waals surface area contributed by atoms with Gasteiger partial charge in [-0.1, -0.05) is 55.5 Å². The van der Waals surface area contributed by atoms with Crippen LogP contribution in [0.25, 0.3) is 0 Å². The van der Waals surface area contributed by atoms with Gasteiger partial charge >= 0.3 is 0 Å². The Balaban J connectivity index is 1.61. The van der Waals surface area contributed by atoms with Gasteiger partial charge in [0.25, 0.3) is 0 Å². The molecular weight excluding hydrogens is 300 g/mol. The Kier molecular flexibility index (Phi) is 4.94. The number of anilines is 1. The molecular formula is C20H22N2O2. The highest BCUT2D eigenvalue weighted by Gasteiger charge is 2.31. The first-order valence-corrected chi connectivity index (χ1v) is 8.38. The van der Waals surface area contributed by atoms with Gasteiger partial charge in [-0.25, -0.2) is 0 Å². The largest absolute Gasteiger partial charge is 0.333 e. The number of hydrogen-bond acceptors (Lipinski definition) is 2. The lowest BCUT2D eigenvalue weighted by atomic mass is 9.99. The molecule has 1 atom stereocenters. The van der Waals surface area contributed by atoms with Crippen molar-refractivity contribution in [3.05, 3.63) is 65.7 Å². The second-order valence-corrected chi connectivity index (χ2v) is 6.14. The zero-order chi connectivity index (χ0) is 16.9. The summed E-state index contributed by atoms with van der Waals surface area (Å²) in [6, 6.07) is 17.8. The van der Waals surface area contributed by atoms with Crippen LogP contribution in [-0.2, 0) is 16.0 Å². The van der Waals surface area contributed by atoms with Gasteiger partial charge < -0.3 is 10.2 Å². The van der Waals surface area contributed by atoms with Crippen molar-refractivity contribution >= 4 is 17.5 Å². The van der Waals surface area contributed by atoms with E-state index in [1.54, 1.807) is 4.90 Å². The van der Waals surface area contributed by atoms with Crippen LogP contribution in [0.5, 0.6) is 0 Å². The fourth-order valence-corrected chi connectivity index (χ4v) is 3.19. The Morgan fingerprint density at radius 2 is 1.83 bits per heavy atom. The highest BCUT2D eigenvalue weighted by molar-refractivity contribution is 5.95. The van der Waals surface area contributed by atoms with Crippen LogP contribution in [0.4, 0.5) is 5.69 Å². The van der Waals surface area contributed by atoms with Crippen LogP contribution in [-0.4, -0.2) is 29.8 Å². The van der Waals surface area contributed by atoms with E-state index in [1.807, 2.05) is 54.6 Å². The average molecular weight is 322 g/mol. The summed E-state index contributed by atoms with van der Waals surface area (Å²) in [5, 5.41) is 2.93. The lowest BCUT2D eigenvalue weighted by Crippen LogP contribution is -2.34. The van der Waals surface area contributed by atoms with Gasteiger partial charge in [0.05, 0.1) is 6.54 Å². The molecule has 1 heterocycles. The number of nitrogens with one attached hydrogen (secondary N) is 1. The molecule has 0 aliphatic carbocycles. The van der Waals surface area contributed by atoms with Gasteiger partial charge in [-0.05, 0) is 23.6 Å². The van der Waals surface area contributed by atoms with Crippen LogP contribution < -0.4 is 5.32 Å². The summed E-state index contributed by atoms with van der Waals surface area (Å²) in [5.41, 5.74) is 3.09. The third-order valence-electron chi connectivity index (χ3n) is 4.49. The number of benzene rings is 2. The molecule has 1 fully saturated rings. The fourth-order valence-electron chi connectivity index (χ4n) is 3.19. The van der Waals surface area contributed by atoms with Crippen molar-refractivity contribution in [1.82, 2.24) is 4.90 Å². The monoisotopic (exact) mass is 322 g/mol. The van der Waals surface area contributed by atoms with Gasteiger partial charge in [-0.2, -0.15) is 0 Å². The summed E-state index contributed by atoms with van der Waals surface area (Å²) in [7, 11) is 0. The van der Waals surface area contributed by atoms with Crippen LogP contribution in [0.2, 0.25) is 0 Å². The molecule has 2 amide bonds. The van der Waals surface area contributed by atoms with Crippen LogP contribution in [0.1, 0.15) is 30.4 Å². The zero-order valence-corrected chi connectivity index (χ0v) is 13.9. The van der Waals surface area contributed by atoms with Crippen molar-refractivity contribution in [1.29, 1.82) is 0 Å². The van der Waals surface area contributed by atoms with Crippen molar-refractivity contribution in [2.45, 2.75) is 25.7 Å². The third kappa shape index (κ3) is 3.65. The van der Waals surface area contributed by atoms with E-state index in [4.69, 9.17) is 0 Å². The summed E-state index contributed by atoms with van der Waals surface area (Å²) >= 11 is 0. The van der Waals surface area contributed by atoms with Gasteiger partial charge in [0.15, 0.2) is 0 Å². The van der Waals surface area contributed by atoms with Gasteiger partial charge in [-0.15, -0.1) is 0 Å². The first-order valence-electron chi connectivity index (χ1n) is 8.38. The minimum Gasteiger partial charge on any atom is -0.333 e. The lowest BCUT2D eigenvalue weighted by Gasteiger charge is -2.17. The van der Waals surface area contributed by atoms with Gasteiger partial charge in [0, 0.05) is 24.6 Å². The maximum absolute atomic E-state index is 12.3. The minimum atomic E-state index is -0.141. The van der Waals surface area contributed by atoms with E-state index in [9.17, 15) is 9.59 Å². The second kappa shape index (κ2) is 7.30. The number of carbonyl (C=O) groups is 2. The molecule has 4 heteroatoms. The smallest absolute Gasteiger partial charge is 0.244 e. The van der Waals surface area contributed by atoms with E-state index in [0.29, 0.717) is 13.0 Å². The molecule has 1 N–H and O–H groups in total. The molecule has 0 radical (unpaired) electrons. The molecule has 3 rings (SSSR count).